The highest BCUT2D eigenvalue weighted by atomic mass is 15.1. The van der Waals surface area contributed by atoms with Gasteiger partial charge in [-0.15, -0.1) is 0 Å². The monoisotopic (exact) mass is 411 g/mol. The molecule has 0 bridgehead atoms. The molecule has 0 aliphatic rings. The highest BCUT2D eigenvalue weighted by molar-refractivity contribution is 6.03. The van der Waals surface area contributed by atoms with E-state index in [9.17, 15) is 0 Å². The summed E-state index contributed by atoms with van der Waals surface area (Å²) in [5, 5.41) is 2.48. The van der Waals surface area contributed by atoms with E-state index in [-0.39, 0.29) is 0 Å². The molecule has 0 amide bonds. The number of rotatable bonds is 5. The van der Waals surface area contributed by atoms with Gasteiger partial charge in [-0.25, -0.2) is 0 Å². The molecule has 0 saturated carbocycles. The van der Waals surface area contributed by atoms with Crippen molar-refractivity contribution in [1.29, 1.82) is 0 Å². The fourth-order valence-electron chi connectivity index (χ4n) is 4.24. The standard InChI is InChI=1S/C31H25N/c1-24(25-13-5-2-6-14-25)23-26-15-11-21-30-29(26)20-12-22-31(30)32(27-16-7-3-8-17-27)28-18-9-4-10-19-28/h2-23H,1H3/b24-23+. The molecule has 0 aromatic heterocycles. The lowest BCUT2D eigenvalue weighted by molar-refractivity contribution is 1.30. The maximum atomic E-state index is 2.33. The maximum Gasteiger partial charge on any atom is 0.0540 e. The molecule has 5 aromatic carbocycles. The minimum Gasteiger partial charge on any atom is -0.310 e. The fraction of sp³-hybridized carbons (Fsp3) is 0.0323. The maximum absolute atomic E-state index is 2.33. The van der Waals surface area contributed by atoms with Crippen molar-refractivity contribution in [3.8, 4) is 0 Å². The lowest BCUT2D eigenvalue weighted by atomic mass is 9.98. The summed E-state index contributed by atoms with van der Waals surface area (Å²) in [4.78, 5) is 2.33. The normalized spacial score (nSPS) is 11.5. The Morgan fingerprint density at radius 3 is 1.69 bits per heavy atom. The number of hydrogen-bond donors (Lipinski definition) is 0. The fourth-order valence-corrected chi connectivity index (χ4v) is 4.24. The van der Waals surface area contributed by atoms with Gasteiger partial charge < -0.3 is 4.90 Å². The lowest BCUT2D eigenvalue weighted by Gasteiger charge is -2.27. The molecule has 0 atom stereocenters. The van der Waals surface area contributed by atoms with Gasteiger partial charge in [-0.2, -0.15) is 0 Å². The van der Waals surface area contributed by atoms with Crippen LogP contribution in [0.1, 0.15) is 18.1 Å². The number of nitrogens with zero attached hydrogens (tertiary/aromatic N) is 1. The van der Waals surface area contributed by atoms with Gasteiger partial charge in [0.2, 0.25) is 0 Å². The van der Waals surface area contributed by atoms with Crippen LogP contribution in [0.3, 0.4) is 0 Å². The predicted molar refractivity (Wildman–Crippen MR) is 139 cm³/mol. The Morgan fingerprint density at radius 2 is 1.06 bits per heavy atom. The Bertz CT molecular complexity index is 1310. The largest absolute Gasteiger partial charge is 0.310 e. The number of anilines is 3. The minimum atomic E-state index is 1.15. The van der Waals surface area contributed by atoms with Crippen molar-refractivity contribution in [2.75, 3.05) is 4.90 Å². The molecule has 154 valence electrons. The van der Waals surface area contributed by atoms with Crippen molar-refractivity contribution in [3.05, 3.63) is 139 Å². The van der Waals surface area contributed by atoms with Crippen LogP contribution in [0.25, 0.3) is 22.4 Å². The molecule has 0 radical (unpaired) electrons. The van der Waals surface area contributed by atoms with E-state index in [2.05, 4.69) is 145 Å². The molecule has 0 spiro atoms. The Hall–Kier alpha value is -4.10. The van der Waals surface area contributed by atoms with Gasteiger partial charge in [0.1, 0.15) is 0 Å². The predicted octanol–water partition coefficient (Wildman–Crippen LogP) is 8.87. The first kappa shape index (κ1) is 19.8. The molecule has 5 rings (SSSR count). The van der Waals surface area contributed by atoms with Gasteiger partial charge >= 0.3 is 0 Å². The second-order valence-corrected chi connectivity index (χ2v) is 7.92. The first-order chi connectivity index (χ1) is 15.8. The Kier molecular flexibility index (Phi) is 5.55. The zero-order chi connectivity index (χ0) is 21.8. The van der Waals surface area contributed by atoms with Crippen LogP contribution in [-0.4, -0.2) is 0 Å². The number of benzene rings is 5. The third-order valence-electron chi connectivity index (χ3n) is 5.80. The first-order valence-corrected chi connectivity index (χ1v) is 11.0. The Balaban J connectivity index is 1.69. The van der Waals surface area contributed by atoms with E-state index in [0.717, 1.165) is 11.4 Å². The molecule has 0 unspecified atom stereocenters. The number of para-hydroxylation sites is 2. The Morgan fingerprint density at radius 1 is 0.531 bits per heavy atom. The van der Waals surface area contributed by atoms with E-state index in [1.165, 1.54) is 33.2 Å². The number of hydrogen-bond acceptors (Lipinski definition) is 1. The van der Waals surface area contributed by atoms with E-state index >= 15 is 0 Å². The highest BCUT2D eigenvalue weighted by Crippen LogP contribution is 2.39. The molecule has 0 heterocycles. The average Bonchev–Trinajstić information content (AvgIpc) is 2.86. The van der Waals surface area contributed by atoms with Gasteiger partial charge in [0.05, 0.1) is 5.69 Å². The average molecular weight is 412 g/mol. The van der Waals surface area contributed by atoms with E-state index in [0.29, 0.717) is 0 Å². The van der Waals surface area contributed by atoms with Gasteiger partial charge in [-0.3, -0.25) is 0 Å². The van der Waals surface area contributed by atoms with Crippen LogP contribution in [0.15, 0.2) is 127 Å². The third-order valence-corrected chi connectivity index (χ3v) is 5.80. The van der Waals surface area contributed by atoms with Crippen molar-refractivity contribution in [3.63, 3.8) is 0 Å². The van der Waals surface area contributed by atoms with Crippen LogP contribution in [0.4, 0.5) is 17.1 Å². The van der Waals surface area contributed by atoms with E-state index in [1.807, 2.05) is 0 Å². The zero-order valence-corrected chi connectivity index (χ0v) is 18.1. The minimum absolute atomic E-state index is 1.15. The molecule has 1 heteroatoms. The van der Waals surface area contributed by atoms with E-state index in [1.54, 1.807) is 0 Å². The van der Waals surface area contributed by atoms with Gasteiger partial charge in [-0.1, -0.05) is 103 Å². The van der Waals surface area contributed by atoms with Crippen LogP contribution in [0.2, 0.25) is 0 Å². The third kappa shape index (κ3) is 3.93. The van der Waals surface area contributed by atoms with Crippen molar-refractivity contribution in [2.45, 2.75) is 6.92 Å². The SMILES string of the molecule is C/C(=C\c1cccc2c(N(c3ccccc3)c3ccccc3)cccc12)c1ccccc1. The summed E-state index contributed by atoms with van der Waals surface area (Å²) in [6.07, 6.45) is 2.29. The summed E-state index contributed by atoms with van der Waals surface area (Å²) in [5.74, 6) is 0. The van der Waals surface area contributed by atoms with Crippen molar-refractivity contribution in [1.82, 2.24) is 0 Å². The van der Waals surface area contributed by atoms with Crippen molar-refractivity contribution >= 4 is 39.5 Å². The Labute approximate surface area is 189 Å². The molecule has 32 heavy (non-hydrogen) atoms. The lowest BCUT2D eigenvalue weighted by Crippen LogP contribution is -2.10. The highest BCUT2D eigenvalue weighted by Gasteiger charge is 2.15. The summed E-state index contributed by atoms with van der Waals surface area (Å²) in [5.41, 5.74) is 7.20. The van der Waals surface area contributed by atoms with Crippen LogP contribution in [0.5, 0.6) is 0 Å². The number of allylic oxidation sites excluding steroid dienone is 1. The summed E-state index contributed by atoms with van der Waals surface area (Å²) in [6.45, 7) is 2.18. The first-order valence-electron chi connectivity index (χ1n) is 11.0. The molecule has 0 aliphatic heterocycles. The second-order valence-electron chi connectivity index (χ2n) is 7.92. The molecule has 0 fully saturated rings. The summed E-state index contributed by atoms with van der Waals surface area (Å²) >= 11 is 0. The molecule has 1 nitrogen and oxygen atoms in total. The van der Waals surface area contributed by atoms with Gasteiger partial charge in [-0.05, 0) is 59.3 Å². The molecular formula is C31H25N. The molecular weight excluding hydrogens is 386 g/mol. The molecule has 5 aromatic rings. The van der Waals surface area contributed by atoms with Crippen molar-refractivity contribution in [2.24, 2.45) is 0 Å². The second kappa shape index (κ2) is 8.95. The van der Waals surface area contributed by atoms with Crippen LogP contribution in [-0.2, 0) is 0 Å². The number of fused-ring (bicyclic) bond motifs is 1. The van der Waals surface area contributed by atoms with Gasteiger partial charge in [0.15, 0.2) is 0 Å². The van der Waals surface area contributed by atoms with Crippen LogP contribution >= 0.6 is 0 Å². The smallest absolute Gasteiger partial charge is 0.0540 e. The molecule has 0 aliphatic carbocycles. The van der Waals surface area contributed by atoms with E-state index in [4.69, 9.17) is 0 Å². The van der Waals surface area contributed by atoms with E-state index < -0.39 is 0 Å². The summed E-state index contributed by atoms with van der Waals surface area (Å²) in [6, 6.07) is 44.9. The molecule has 0 N–H and O–H groups in total. The quantitative estimate of drug-likeness (QED) is 0.261. The topological polar surface area (TPSA) is 3.24 Å². The van der Waals surface area contributed by atoms with Gasteiger partial charge in [0, 0.05) is 16.8 Å². The summed E-state index contributed by atoms with van der Waals surface area (Å²) in [7, 11) is 0. The van der Waals surface area contributed by atoms with Crippen LogP contribution in [0, 0.1) is 0 Å². The molecule has 0 saturated heterocycles. The van der Waals surface area contributed by atoms with Gasteiger partial charge in [0.25, 0.3) is 0 Å². The van der Waals surface area contributed by atoms with Crippen molar-refractivity contribution < 1.29 is 0 Å². The zero-order valence-electron chi connectivity index (χ0n) is 18.1. The van der Waals surface area contributed by atoms with Crippen LogP contribution < -0.4 is 4.90 Å². The summed E-state index contributed by atoms with van der Waals surface area (Å²) < 4.78 is 0.